The molecule has 1 N–H and O–H groups in total. The molecule has 0 aromatic heterocycles. The summed E-state index contributed by atoms with van der Waals surface area (Å²) >= 11 is 0. The highest BCUT2D eigenvalue weighted by Crippen LogP contribution is 2.30. The number of rotatable bonds is 11. The Balaban J connectivity index is 1.37. The van der Waals surface area contributed by atoms with Gasteiger partial charge in [0.15, 0.2) is 6.10 Å². The summed E-state index contributed by atoms with van der Waals surface area (Å²) in [6.45, 7) is 4.77. The monoisotopic (exact) mass is 409 g/mol. The van der Waals surface area contributed by atoms with Gasteiger partial charge in [-0.05, 0) is 32.1 Å². The van der Waals surface area contributed by atoms with Crippen LogP contribution in [0.3, 0.4) is 0 Å². The smallest absolute Gasteiger partial charge is 0.329 e. The van der Waals surface area contributed by atoms with Gasteiger partial charge >= 0.3 is 5.97 Å². The first-order valence-electron chi connectivity index (χ1n) is 11.1. The van der Waals surface area contributed by atoms with Crippen LogP contribution in [0.15, 0.2) is 12.7 Å². The van der Waals surface area contributed by atoms with E-state index >= 15 is 0 Å². The van der Waals surface area contributed by atoms with Crippen molar-refractivity contribution in [2.45, 2.75) is 94.7 Å². The van der Waals surface area contributed by atoms with Gasteiger partial charge in [0.05, 0.1) is 13.2 Å². The van der Waals surface area contributed by atoms with E-state index in [1.165, 1.54) is 19.3 Å². The second kappa shape index (κ2) is 11.1. The number of hydrogen-bond acceptors (Lipinski definition) is 6. The van der Waals surface area contributed by atoms with Gasteiger partial charge in [-0.1, -0.05) is 31.8 Å². The second-order valence-corrected chi connectivity index (χ2v) is 8.33. The fourth-order valence-corrected chi connectivity index (χ4v) is 4.50. The highest BCUT2D eigenvalue weighted by atomic mass is 16.6. The standard InChI is InChI=1S/C22H35NO6/c1-2-3-4-5-6-7-8-9-12-19(25)23-13-10-11-16(23)22(26)29-18-15-28-20-17(24)14-27-21(18)20/h2,16-18,20-21,24H,1,3-15H2/t16?,17-,18+,20+,21+/m0/s1. The second-order valence-electron chi connectivity index (χ2n) is 8.33. The van der Waals surface area contributed by atoms with Crippen molar-refractivity contribution in [1.82, 2.24) is 4.90 Å². The number of fused-ring (bicyclic) bond motifs is 1. The molecular weight excluding hydrogens is 374 g/mol. The summed E-state index contributed by atoms with van der Waals surface area (Å²) in [5.41, 5.74) is 0. The fourth-order valence-electron chi connectivity index (χ4n) is 4.50. The van der Waals surface area contributed by atoms with E-state index in [4.69, 9.17) is 14.2 Å². The van der Waals surface area contributed by atoms with Crippen molar-refractivity contribution in [2.24, 2.45) is 0 Å². The zero-order valence-electron chi connectivity index (χ0n) is 17.3. The van der Waals surface area contributed by atoms with Gasteiger partial charge in [0, 0.05) is 13.0 Å². The molecule has 0 aliphatic carbocycles. The minimum atomic E-state index is -0.671. The number of carbonyl (C=O) groups excluding carboxylic acids is 2. The van der Waals surface area contributed by atoms with Gasteiger partial charge < -0.3 is 24.2 Å². The number of esters is 1. The van der Waals surface area contributed by atoms with Crippen LogP contribution in [0.25, 0.3) is 0 Å². The molecule has 29 heavy (non-hydrogen) atoms. The summed E-state index contributed by atoms with van der Waals surface area (Å²) < 4.78 is 16.6. The van der Waals surface area contributed by atoms with E-state index in [9.17, 15) is 14.7 Å². The first-order chi connectivity index (χ1) is 14.1. The molecule has 0 bridgehead atoms. The number of carbonyl (C=O) groups is 2. The van der Waals surface area contributed by atoms with Gasteiger partial charge in [0.25, 0.3) is 0 Å². The first kappa shape index (κ1) is 22.2. The average Bonchev–Trinajstić information content (AvgIpc) is 3.43. The minimum absolute atomic E-state index is 0.0456. The van der Waals surface area contributed by atoms with Crippen LogP contribution in [0.5, 0.6) is 0 Å². The zero-order valence-corrected chi connectivity index (χ0v) is 17.3. The number of nitrogens with zero attached hydrogens (tertiary/aromatic N) is 1. The molecule has 164 valence electrons. The quantitative estimate of drug-likeness (QED) is 0.320. The molecule has 7 nitrogen and oxygen atoms in total. The molecule has 3 aliphatic rings. The van der Waals surface area contributed by atoms with E-state index in [-0.39, 0.29) is 25.1 Å². The van der Waals surface area contributed by atoms with Gasteiger partial charge in [0.2, 0.25) is 5.91 Å². The lowest BCUT2D eigenvalue weighted by Crippen LogP contribution is -2.44. The zero-order chi connectivity index (χ0) is 20.6. The predicted octanol–water partition coefficient (Wildman–Crippen LogP) is 2.35. The molecule has 1 unspecified atom stereocenters. The number of amides is 1. The van der Waals surface area contributed by atoms with Crippen LogP contribution in [0.2, 0.25) is 0 Å². The Hall–Kier alpha value is -1.44. The number of ether oxygens (including phenoxy) is 3. The molecule has 0 saturated carbocycles. The lowest BCUT2D eigenvalue weighted by Gasteiger charge is -2.25. The largest absolute Gasteiger partial charge is 0.455 e. The van der Waals surface area contributed by atoms with Crippen LogP contribution < -0.4 is 0 Å². The van der Waals surface area contributed by atoms with Crippen LogP contribution in [-0.2, 0) is 23.8 Å². The SMILES string of the molecule is C=CCCCCCCCCC(=O)N1CCCC1C(=O)O[C@@H]1CO[C@H]2[C@@H]1OC[C@@H]2O. The van der Waals surface area contributed by atoms with Gasteiger partial charge in [0.1, 0.15) is 24.4 Å². The van der Waals surface area contributed by atoms with Crippen molar-refractivity contribution < 1.29 is 28.9 Å². The summed E-state index contributed by atoms with van der Waals surface area (Å²) in [5.74, 6) is -0.332. The van der Waals surface area contributed by atoms with Crippen molar-refractivity contribution in [3.8, 4) is 0 Å². The maximum Gasteiger partial charge on any atom is 0.329 e. The molecule has 3 rings (SSSR count). The lowest BCUT2D eigenvalue weighted by atomic mass is 10.1. The number of aliphatic hydroxyl groups excluding tert-OH is 1. The Kier molecular flexibility index (Phi) is 8.51. The summed E-state index contributed by atoms with van der Waals surface area (Å²) in [4.78, 5) is 27.0. The molecule has 7 heteroatoms. The van der Waals surface area contributed by atoms with Gasteiger partial charge in [-0.2, -0.15) is 0 Å². The van der Waals surface area contributed by atoms with E-state index in [0.717, 1.165) is 32.1 Å². The van der Waals surface area contributed by atoms with Crippen molar-refractivity contribution in [2.75, 3.05) is 19.8 Å². The van der Waals surface area contributed by atoms with E-state index in [1.54, 1.807) is 4.90 Å². The highest BCUT2D eigenvalue weighted by molar-refractivity contribution is 5.85. The van der Waals surface area contributed by atoms with Gasteiger partial charge in [-0.25, -0.2) is 4.79 Å². The molecule has 3 aliphatic heterocycles. The maximum absolute atomic E-state index is 12.7. The van der Waals surface area contributed by atoms with Crippen LogP contribution in [-0.4, -0.2) is 72.1 Å². The normalized spacial score (nSPS) is 31.1. The summed E-state index contributed by atoms with van der Waals surface area (Å²) in [6.07, 6.45) is 9.62. The van der Waals surface area contributed by atoms with Crippen LogP contribution in [0.4, 0.5) is 0 Å². The molecule has 0 aromatic rings. The Morgan fingerprint density at radius 3 is 2.59 bits per heavy atom. The van der Waals surface area contributed by atoms with Crippen LogP contribution in [0.1, 0.15) is 64.2 Å². The third-order valence-electron chi connectivity index (χ3n) is 6.14. The molecular formula is C22H35NO6. The molecule has 0 aromatic carbocycles. The Labute approximate surface area is 173 Å². The van der Waals surface area contributed by atoms with Crippen molar-refractivity contribution >= 4 is 11.9 Å². The lowest BCUT2D eigenvalue weighted by molar-refractivity contribution is -0.162. The fraction of sp³-hybridized carbons (Fsp3) is 0.818. The maximum atomic E-state index is 12.7. The Bertz CT molecular complexity index is 568. The Morgan fingerprint density at radius 2 is 1.79 bits per heavy atom. The number of aliphatic hydroxyl groups is 1. The summed E-state index contributed by atoms with van der Waals surface area (Å²) in [7, 11) is 0. The summed E-state index contributed by atoms with van der Waals surface area (Å²) in [6, 6.07) is -0.508. The van der Waals surface area contributed by atoms with Crippen molar-refractivity contribution in [1.29, 1.82) is 0 Å². The third kappa shape index (κ3) is 5.80. The molecule has 3 saturated heterocycles. The van der Waals surface area contributed by atoms with Crippen LogP contribution in [0, 0.1) is 0 Å². The van der Waals surface area contributed by atoms with Gasteiger partial charge in [-0.15, -0.1) is 6.58 Å². The first-order valence-corrected chi connectivity index (χ1v) is 11.1. The van der Waals surface area contributed by atoms with E-state index in [1.807, 2.05) is 6.08 Å². The highest BCUT2D eigenvalue weighted by Gasteiger charge is 2.49. The van der Waals surface area contributed by atoms with Crippen molar-refractivity contribution in [3.05, 3.63) is 12.7 Å². The van der Waals surface area contributed by atoms with E-state index < -0.39 is 30.5 Å². The topological polar surface area (TPSA) is 85.3 Å². The van der Waals surface area contributed by atoms with E-state index in [2.05, 4.69) is 6.58 Å². The molecule has 3 heterocycles. The predicted molar refractivity (Wildman–Crippen MR) is 107 cm³/mol. The van der Waals surface area contributed by atoms with E-state index in [0.29, 0.717) is 19.4 Å². The van der Waals surface area contributed by atoms with Crippen LogP contribution >= 0.6 is 0 Å². The Morgan fingerprint density at radius 1 is 1.07 bits per heavy atom. The number of allylic oxidation sites excluding steroid dienone is 1. The number of likely N-dealkylation sites (tertiary alicyclic amines) is 1. The average molecular weight is 410 g/mol. The summed E-state index contributed by atoms with van der Waals surface area (Å²) in [5, 5.41) is 9.80. The molecule has 1 amide bonds. The van der Waals surface area contributed by atoms with Crippen molar-refractivity contribution in [3.63, 3.8) is 0 Å². The number of hydrogen-bond donors (Lipinski definition) is 1. The molecule has 0 radical (unpaired) electrons. The number of unbranched alkanes of at least 4 members (excludes halogenated alkanes) is 6. The molecule has 3 fully saturated rings. The van der Waals surface area contributed by atoms with Gasteiger partial charge in [-0.3, -0.25) is 4.79 Å². The molecule has 0 spiro atoms. The molecule has 5 atom stereocenters. The minimum Gasteiger partial charge on any atom is -0.455 e. The third-order valence-corrected chi connectivity index (χ3v) is 6.14.